The molecule has 0 bridgehead atoms. The van der Waals surface area contributed by atoms with E-state index < -0.39 is 11.6 Å². The van der Waals surface area contributed by atoms with Crippen LogP contribution in [0.2, 0.25) is 0 Å². The van der Waals surface area contributed by atoms with Gasteiger partial charge >= 0.3 is 0 Å². The Morgan fingerprint density at radius 2 is 2.14 bits per heavy atom. The average Bonchev–Trinajstić information content (AvgIpc) is 2.48. The van der Waals surface area contributed by atoms with Gasteiger partial charge in [-0.05, 0) is 0 Å². The fraction of sp³-hybridized carbons (Fsp3) is 0.222. The molecule has 2 rings (SSSR count). The summed E-state index contributed by atoms with van der Waals surface area (Å²) >= 11 is 6.75. The smallest absolute Gasteiger partial charge is 0.145 e. The lowest BCUT2D eigenvalue weighted by Crippen LogP contribution is -1.83. The minimum atomic E-state index is -0.599. The van der Waals surface area contributed by atoms with Crippen LogP contribution in [0, 0.1) is 11.6 Å². The Morgan fingerprint density at radius 1 is 1.36 bits per heavy atom. The molecule has 0 amide bonds. The Hall–Kier alpha value is -0.740. The summed E-state index contributed by atoms with van der Waals surface area (Å²) in [5, 5.41) is 0.736. The van der Waals surface area contributed by atoms with Gasteiger partial charge < -0.3 is 0 Å². The maximum atomic E-state index is 13.2. The number of aromatic nitrogens is 1. The van der Waals surface area contributed by atoms with Crippen LogP contribution in [0.4, 0.5) is 8.78 Å². The van der Waals surface area contributed by atoms with E-state index >= 15 is 0 Å². The molecule has 1 aromatic heterocycles. The highest BCUT2D eigenvalue weighted by Gasteiger charge is 2.09. The number of fused-ring (bicyclic) bond motifs is 1. The minimum absolute atomic E-state index is 0.368. The molecule has 0 N–H and O–H groups in total. The number of alkyl halides is 1. The third-order valence-electron chi connectivity index (χ3n) is 1.76. The van der Waals surface area contributed by atoms with Crippen molar-refractivity contribution < 1.29 is 8.78 Å². The molecule has 0 aliphatic heterocycles. The molecule has 0 unspecified atom stereocenters. The third kappa shape index (κ3) is 1.72. The minimum Gasteiger partial charge on any atom is -0.241 e. The fourth-order valence-electron chi connectivity index (χ4n) is 1.19. The number of nitrogens with zero attached hydrogens (tertiary/aromatic N) is 1. The van der Waals surface area contributed by atoms with Gasteiger partial charge in [-0.3, -0.25) is 0 Å². The molecule has 0 saturated carbocycles. The van der Waals surface area contributed by atoms with Crippen LogP contribution in [0.1, 0.15) is 5.01 Å². The molecule has 5 heteroatoms. The second-order valence-corrected chi connectivity index (χ2v) is 4.24. The van der Waals surface area contributed by atoms with Gasteiger partial charge in [-0.15, -0.1) is 22.9 Å². The van der Waals surface area contributed by atoms with Gasteiger partial charge in [0.15, 0.2) is 0 Å². The number of benzene rings is 1. The summed E-state index contributed by atoms with van der Waals surface area (Å²) in [6.45, 7) is 0. The zero-order chi connectivity index (χ0) is 10.1. The SMILES string of the molecule is Fc1cc(F)c2sc(CCCl)nc2c1. The second kappa shape index (κ2) is 3.79. The van der Waals surface area contributed by atoms with Gasteiger partial charge in [-0.1, -0.05) is 0 Å². The summed E-state index contributed by atoms with van der Waals surface area (Å²) in [6, 6.07) is 2.09. The Kier molecular flexibility index (Phi) is 2.65. The maximum absolute atomic E-state index is 13.2. The molecule has 0 radical (unpaired) electrons. The Balaban J connectivity index is 2.58. The monoisotopic (exact) mass is 233 g/mol. The van der Waals surface area contributed by atoms with Crippen molar-refractivity contribution in [3.8, 4) is 0 Å². The first kappa shape index (κ1) is 9.80. The van der Waals surface area contributed by atoms with Gasteiger partial charge in [-0.25, -0.2) is 13.8 Å². The third-order valence-corrected chi connectivity index (χ3v) is 3.09. The number of hydrogen-bond donors (Lipinski definition) is 0. The van der Waals surface area contributed by atoms with Crippen molar-refractivity contribution in [2.45, 2.75) is 6.42 Å². The number of rotatable bonds is 2. The summed E-state index contributed by atoms with van der Waals surface area (Å²) < 4.78 is 26.4. The van der Waals surface area contributed by atoms with Crippen molar-refractivity contribution in [1.29, 1.82) is 0 Å². The maximum Gasteiger partial charge on any atom is 0.145 e. The van der Waals surface area contributed by atoms with E-state index in [1.54, 1.807) is 0 Å². The molecule has 0 atom stereocenters. The molecule has 0 saturated heterocycles. The molecule has 1 aromatic carbocycles. The van der Waals surface area contributed by atoms with E-state index in [1.807, 2.05) is 0 Å². The van der Waals surface area contributed by atoms with Crippen molar-refractivity contribution in [3.05, 3.63) is 28.8 Å². The normalized spacial score (nSPS) is 11.1. The van der Waals surface area contributed by atoms with Crippen LogP contribution in [0.3, 0.4) is 0 Å². The Bertz CT molecular complexity index is 469. The lowest BCUT2D eigenvalue weighted by Gasteiger charge is -1.90. The van der Waals surface area contributed by atoms with E-state index in [1.165, 1.54) is 17.4 Å². The van der Waals surface area contributed by atoms with E-state index in [-0.39, 0.29) is 0 Å². The van der Waals surface area contributed by atoms with E-state index in [2.05, 4.69) is 4.98 Å². The van der Waals surface area contributed by atoms with Crippen molar-refractivity contribution in [2.75, 3.05) is 5.88 Å². The molecule has 74 valence electrons. The van der Waals surface area contributed by atoms with Crippen LogP contribution in [-0.2, 0) is 6.42 Å². The molecule has 1 heterocycles. The van der Waals surface area contributed by atoms with E-state index in [4.69, 9.17) is 11.6 Å². The van der Waals surface area contributed by atoms with Crippen LogP contribution in [0.15, 0.2) is 12.1 Å². The molecule has 0 aliphatic carbocycles. The highest BCUT2D eigenvalue weighted by atomic mass is 35.5. The largest absolute Gasteiger partial charge is 0.241 e. The van der Waals surface area contributed by atoms with Gasteiger partial charge in [-0.2, -0.15) is 0 Å². The van der Waals surface area contributed by atoms with E-state index in [0.717, 1.165) is 11.1 Å². The van der Waals surface area contributed by atoms with Gasteiger partial charge in [0.05, 0.1) is 15.2 Å². The number of halogens is 3. The highest BCUT2D eigenvalue weighted by molar-refractivity contribution is 7.18. The molecule has 0 aliphatic rings. The van der Waals surface area contributed by atoms with Gasteiger partial charge in [0.1, 0.15) is 11.6 Å². The van der Waals surface area contributed by atoms with Crippen molar-refractivity contribution >= 4 is 33.2 Å². The first-order chi connectivity index (χ1) is 6.70. The lowest BCUT2D eigenvalue weighted by atomic mass is 10.3. The fourth-order valence-corrected chi connectivity index (χ4v) is 2.43. The summed E-state index contributed by atoms with van der Waals surface area (Å²) in [7, 11) is 0. The van der Waals surface area contributed by atoms with Gasteiger partial charge in [0.2, 0.25) is 0 Å². The molecular weight excluding hydrogens is 228 g/mol. The van der Waals surface area contributed by atoms with Crippen molar-refractivity contribution in [3.63, 3.8) is 0 Å². The first-order valence-corrected chi connectivity index (χ1v) is 5.36. The average molecular weight is 234 g/mol. The zero-order valence-corrected chi connectivity index (χ0v) is 8.63. The van der Waals surface area contributed by atoms with Crippen LogP contribution in [-0.4, -0.2) is 10.9 Å². The molecule has 2 aromatic rings. The van der Waals surface area contributed by atoms with Crippen LogP contribution >= 0.6 is 22.9 Å². The van der Waals surface area contributed by atoms with Crippen molar-refractivity contribution in [1.82, 2.24) is 4.98 Å². The van der Waals surface area contributed by atoms with Gasteiger partial charge in [0.25, 0.3) is 0 Å². The van der Waals surface area contributed by atoms with Crippen LogP contribution in [0.5, 0.6) is 0 Å². The summed E-state index contributed by atoms with van der Waals surface area (Å²) in [6.07, 6.45) is 0.585. The summed E-state index contributed by atoms with van der Waals surface area (Å²) in [4.78, 5) is 4.08. The Labute approximate surface area is 88.3 Å². The lowest BCUT2D eigenvalue weighted by molar-refractivity contribution is 0.593. The second-order valence-electron chi connectivity index (χ2n) is 2.78. The topological polar surface area (TPSA) is 12.9 Å². The number of aryl methyl sites for hydroxylation is 1. The predicted octanol–water partition coefficient (Wildman–Crippen LogP) is 3.36. The molecule has 1 nitrogen and oxygen atoms in total. The standard InChI is InChI=1S/C9H6ClF2NS/c10-2-1-8-13-7-4-5(11)3-6(12)9(7)14-8/h3-4H,1-2H2. The quantitative estimate of drug-likeness (QED) is 0.725. The molecular formula is C9H6ClF2NS. The van der Waals surface area contributed by atoms with Crippen LogP contribution in [0.25, 0.3) is 10.2 Å². The molecule has 0 fully saturated rings. The Morgan fingerprint density at radius 3 is 2.86 bits per heavy atom. The van der Waals surface area contributed by atoms with E-state index in [0.29, 0.717) is 22.5 Å². The van der Waals surface area contributed by atoms with Gasteiger partial charge in [0, 0.05) is 24.4 Å². The highest BCUT2D eigenvalue weighted by Crippen LogP contribution is 2.26. The number of thiazole rings is 1. The van der Waals surface area contributed by atoms with Crippen LogP contribution < -0.4 is 0 Å². The number of hydrogen-bond acceptors (Lipinski definition) is 2. The molecule has 14 heavy (non-hydrogen) atoms. The van der Waals surface area contributed by atoms with Crippen molar-refractivity contribution in [2.24, 2.45) is 0 Å². The predicted molar refractivity (Wildman–Crippen MR) is 54.0 cm³/mol. The summed E-state index contributed by atoms with van der Waals surface area (Å²) in [5.74, 6) is -0.722. The zero-order valence-electron chi connectivity index (χ0n) is 7.06. The molecule has 0 spiro atoms. The first-order valence-electron chi connectivity index (χ1n) is 4.01. The van der Waals surface area contributed by atoms with E-state index in [9.17, 15) is 8.78 Å². The summed E-state index contributed by atoms with van der Waals surface area (Å²) in [5.41, 5.74) is 0.368.